The molecular weight excluding hydrogens is 450 g/mol. The van der Waals surface area contributed by atoms with Crippen LogP contribution in [0.2, 0.25) is 0 Å². The number of rotatable bonds is 5. The van der Waals surface area contributed by atoms with Crippen molar-refractivity contribution in [3.8, 4) is 34.2 Å². The number of aromatic nitrogens is 2. The van der Waals surface area contributed by atoms with Gasteiger partial charge in [-0.3, -0.25) is 9.78 Å². The zero-order valence-corrected chi connectivity index (χ0v) is 18.8. The number of pyridine rings is 1. The van der Waals surface area contributed by atoms with E-state index in [0.717, 1.165) is 5.69 Å². The van der Waals surface area contributed by atoms with E-state index in [2.05, 4.69) is 16.4 Å². The van der Waals surface area contributed by atoms with Gasteiger partial charge in [-0.1, -0.05) is 18.2 Å². The molecule has 1 N–H and O–H groups in total. The number of hydrogen-bond donors (Lipinski definition) is 1. The van der Waals surface area contributed by atoms with E-state index in [0.29, 0.717) is 52.2 Å². The molecule has 2 aromatic heterocycles. The van der Waals surface area contributed by atoms with Crippen molar-refractivity contribution in [1.82, 2.24) is 14.9 Å². The number of carbonyl (C=O) groups is 1. The Morgan fingerprint density at radius 3 is 2.63 bits per heavy atom. The topological polar surface area (TPSA) is 79.9 Å². The van der Waals surface area contributed by atoms with E-state index in [1.165, 1.54) is 31.4 Å². The average molecular weight is 470 g/mol. The minimum absolute atomic E-state index is 0.212. The van der Waals surface area contributed by atoms with Crippen LogP contribution in [0.1, 0.15) is 27.2 Å². The van der Waals surface area contributed by atoms with Gasteiger partial charge in [-0.25, -0.2) is 8.78 Å². The molecule has 6 nitrogen and oxygen atoms in total. The van der Waals surface area contributed by atoms with Crippen molar-refractivity contribution < 1.29 is 18.3 Å². The minimum Gasteiger partial charge on any atom is -0.494 e. The second-order valence-electron chi connectivity index (χ2n) is 8.13. The van der Waals surface area contributed by atoms with E-state index >= 15 is 0 Å². The Bertz CT molecular complexity index is 1490. The monoisotopic (exact) mass is 470 g/mol. The highest BCUT2D eigenvalue weighted by Crippen LogP contribution is 2.43. The summed E-state index contributed by atoms with van der Waals surface area (Å²) in [7, 11) is 1.53. The first-order valence-electron chi connectivity index (χ1n) is 11.0. The lowest BCUT2D eigenvalue weighted by Gasteiger charge is -2.19. The Hall–Kier alpha value is -4.51. The number of halogens is 2. The molecule has 0 spiro atoms. The quantitative estimate of drug-likeness (QED) is 0.458. The summed E-state index contributed by atoms with van der Waals surface area (Å²) in [5, 5.41) is 12.5. The van der Waals surface area contributed by atoms with Crippen LogP contribution in [0.25, 0.3) is 22.4 Å². The molecule has 1 aliphatic heterocycles. The fourth-order valence-electron chi connectivity index (χ4n) is 4.61. The van der Waals surface area contributed by atoms with Gasteiger partial charge < -0.3 is 14.6 Å². The van der Waals surface area contributed by atoms with Crippen molar-refractivity contribution in [2.45, 2.75) is 13.0 Å². The van der Waals surface area contributed by atoms with E-state index < -0.39 is 5.82 Å². The number of carbonyl (C=O) groups excluding carboxylic acids is 1. The van der Waals surface area contributed by atoms with Crippen LogP contribution in [0.15, 0.2) is 60.9 Å². The number of nitrogens with one attached hydrogen (secondary N) is 1. The Kier molecular flexibility index (Phi) is 5.75. The number of nitriles is 1. The van der Waals surface area contributed by atoms with Crippen molar-refractivity contribution in [2.75, 3.05) is 13.7 Å². The molecule has 0 saturated carbocycles. The predicted octanol–water partition coefficient (Wildman–Crippen LogP) is 4.71. The first-order valence-corrected chi connectivity index (χ1v) is 11.0. The zero-order valence-electron chi connectivity index (χ0n) is 18.8. The van der Waals surface area contributed by atoms with Crippen LogP contribution in [-0.4, -0.2) is 29.1 Å². The standard InChI is InChI=1S/C27H20F2N4O2/c1-35-23-14-31-10-8-21(23)26-24(16-2-5-19(28)6-3-16)25-22(9-11-32-27(25)34)33(26)15-17-4-7-20(29)12-18(17)13-30/h2-8,10,12,14H,9,11,15H2,1H3,(H,32,34). The second-order valence-corrected chi connectivity index (χ2v) is 8.13. The smallest absolute Gasteiger partial charge is 0.253 e. The highest BCUT2D eigenvalue weighted by Gasteiger charge is 2.32. The van der Waals surface area contributed by atoms with Crippen LogP contribution < -0.4 is 10.1 Å². The molecule has 0 atom stereocenters. The molecule has 0 fully saturated rings. The highest BCUT2D eigenvalue weighted by atomic mass is 19.1. The summed E-state index contributed by atoms with van der Waals surface area (Å²) in [6.45, 7) is 0.668. The van der Waals surface area contributed by atoms with Gasteiger partial charge in [0.25, 0.3) is 5.91 Å². The van der Waals surface area contributed by atoms with Gasteiger partial charge >= 0.3 is 0 Å². The largest absolute Gasteiger partial charge is 0.494 e. The Balaban J connectivity index is 1.86. The molecule has 0 radical (unpaired) electrons. The van der Waals surface area contributed by atoms with Gasteiger partial charge in [0.15, 0.2) is 0 Å². The average Bonchev–Trinajstić information content (AvgIpc) is 3.20. The molecular formula is C27H20F2N4O2. The lowest BCUT2D eigenvalue weighted by Crippen LogP contribution is -2.32. The van der Waals surface area contributed by atoms with Gasteiger partial charge in [0, 0.05) is 42.5 Å². The summed E-state index contributed by atoms with van der Waals surface area (Å²) in [5.74, 6) is -0.632. The minimum atomic E-state index is -0.498. The Labute approximate surface area is 200 Å². The van der Waals surface area contributed by atoms with Gasteiger partial charge in [0.05, 0.1) is 36.2 Å². The Morgan fingerprint density at radius 2 is 1.89 bits per heavy atom. The van der Waals surface area contributed by atoms with Crippen molar-refractivity contribution >= 4 is 5.91 Å². The molecule has 2 aromatic carbocycles. The summed E-state index contributed by atoms with van der Waals surface area (Å²) in [6, 6.07) is 13.9. The Morgan fingerprint density at radius 1 is 1.11 bits per heavy atom. The first kappa shape index (κ1) is 22.3. The molecule has 1 aliphatic rings. The predicted molar refractivity (Wildman–Crippen MR) is 126 cm³/mol. The normalized spacial score (nSPS) is 12.6. The molecule has 0 aliphatic carbocycles. The van der Waals surface area contributed by atoms with Crippen molar-refractivity contribution in [3.63, 3.8) is 0 Å². The second kappa shape index (κ2) is 9.03. The van der Waals surface area contributed by atoms with Crippen LogP contribution in [0.5, 0.6) is 5.75 Å². The van der Waals surface area contributed by atoms with E-state index in [1.54, 1.807) is 36.7 Å². The fraction of sp³-hybridized carbons (Fsp3) is 0.148. The number of fused-ring (bicyclic) bond motifs is 1. The summed E-state index contributed by atoms with van der Waals surface area (Å²) in [5.41, 5.74) is 4.72. The SMILES string of the molecule is COc1cnccc1-c1c(-c2ccc(F)cc2)c2c(n1Cc1ccc(F)cc1C#N)CCNC2=O. The third kappa shape index (κ3) is 3.91. The van der Waals surface area contributed by atoms with Gasteiger partial charge in [-0.05, 0) is 41.5 Å². The lowest BCUT2D eigenvalue weighted by atomic mass is 9.95. The number of methoxy groups -OCH3 is 1. The maximum absolute atomic E-state index is 13.8. The summed E-state index contributed by atoms with van der Waals surface area (Å²) in [6.07, 6.45) is 3.76. The van der Waals surface area contributed by atoms with Crippen LogP contribution in [0, 0.1) is 23.0 Å². The van der Waals surface area contributed by atoms with Gasteiger partial charge in [-0.15, -0.1) is 0 Å². The van der Waals surface area contributed by atoms with Crippen LogP contribution in [0.3, 0.4) is 0 Å². The molecule has 0 saturated heterocycles. The van der Waals surface area contributed by atoms with Crippen LogP contribution in [-0.2, 0) is 13.0 Å². The summed E-state index contributed by atoms with van der Waals surface area (Å²) in [4.78, 5) is 17.3. The van der Waals surface area contributed by atoms with Crippen molar-refractivity contribution in [1.29, 1.82) is 5.26 Å². The molecule has 174 valence electrons. The van der Waals surface area contributed by atoms with Gasteiger partial charge in [0.2, 0.25) is 0 Å². The van der Waals surface area contributed by atoms with Gasteiger partial charge in [-0.2, -0.15) is 5.26 Å². The molecule has 0 bridgehead atoms. The third-order valence-corrected chi connectivity index (χ3v) is 6.16. The number of benzene rings is 2. The number of ether oxygens (including phenoxy) is 1. The zero-order chi connectivity index (χ0) is 24.5. The number of amides is 1. The lowest BCUT2D eigenvalue weighted by molar-refractivity contribution is 0.0946. The molecule has 35 heavy (non-hydrogen) atoms. The molecule has 3 heterocycles. The maximum Gasteiger partial charge on any atom is 0.253 e. The number of hydrogen-bond acceptors (Lipinski definition) is 4. The molecule has 0 unspecified atom stereocenters. The highest BCUT2D eigenvalue weighted by molar-refractivity contribution is 6.07. The molecule has 8 heteroatoms. The fourth-order valence-corrected chi connectivity index (χ4v) is 4.61. The molecule has 1 amide bonds. The summed E-state index contributed by atoms with van der Waals surface area (Å²) >= 11 is 0. The van der Waals surface area contributed by atoms with E-state index in [4.69, 9.17) is 4.74 Å². The van der Waals surface area contributed by atoms with Crippen molar-refractivity contribution in [2.24, 2.45) is 0 Å². The van der Waals surface area contributed by atoms with E-state index in [-0.39, 0.29) is 23.8 Å². The third-order valence-electron chi connectivity index (χ3n) is 6.16. The molecule has 4 aromatic rings. The molecule has 5 rings (SSSR count). The maximum atomic E-state index is 13.8. The summed E-state index contributed by atoms with van der Waals surface area (Å²) < 4.78 is 35.2. The van der Waals surface area contributed by atoms with Crippen molar-refractivity contribution in [3.05, 3.63) is 94.9 Å². The van der Waals surface area contributed by atoms with Crippen LogP contribution >= 0.6 is 0 Å². The van der Waals surface area contributed by atoms with Gasteiger partial charge in [0.1, 0.15) is 17.4 Å². The van der Waals surface area contributed by atoms with Crippen LogP contribution in [0.4, 0.5) is 8.78 Å². The first-order chi connectivity index (χ1) is 17.0. The number of nitrogens with zero attached hydrogens (tertiary/aromatic N) is 3. The van der Waals surface area contributed by atoms with E-state index in [9.17, 15) is 18.8 Å². The van der Waals surface area contributed by atoms with E-state index in [1.807, 2.05) is 4.57 Å².